The van der Waals surface area contributed by atoms with Crippen LogP contribution in [-0.4, -0.2) is 32.3 Å². The summed E-state index contributed by atoms with van der Waals surface area (Å²) < 4.78 is 130. The van der Waals surface area contributed by atoms with Crippen LogP contribution in [0.5, 0.6) is 0 Å². The first kappa shape index (κ1) is 87.3. The largest absolute Gasteiger partial charge is 0.307 e. The van der Waals surface area contributed by atoms with Gasteiger partial charge >= 0.3 is 0 Å². The number of hydrogen-bond acceptors (Lipinski definition) is 4. The molecule has 0 amide bonds. The van der Waals surface area contributed by atoms with Gasteiger partial charge in [0.1, 0.15) is 23.3 Å². The Morgan fingerprint density at radius 2 is 0.402 bits per heavy atom. The topological polar surface area (TPSA) is 13.0 Å². The molecule has 0 aliphatic rings. The summed E-state index contributed by atoms with van der Waals surface area (Å²) in [4.78, 5) is 7.60. The van der Waals surface area contributed by atoms with E-state index in [1.807, 2.05) is 238 Å². The highest BCUT2D eigenvalue weighted by atomic mass is 28.3. The highest BCUT2D eigenvalue weighted by molar-refractivity contribution is 6.90. The average Bonchev–Trinajstić information content (AvgIpc) is 0.717. The molecule has 0 N–H and O–H groups in total. The summed E-state index contributed by atoms with van der Waals surface area (Å²) in [5.41, 5.74) is 11.1. The minimum atomic E-state index is -1.80. The number of para-hydroxylation sites is 4. The molecule has 0 saturated carbocycles. The minimum Gasteiger partial charge on any atom is -0.307 e. The van der Waals surface area contributed by atoms with E-state index >= 15 is 35.1 Å². The van der Waals surface area contributed by atoms with Crippen LogP contribution < -0.4 is 40.3 Å². The third-order valence-corrected chi connectivity index (χ3v) is 33.7. The quantitative estimate of drug-likeness (QED) is 0.0428. The van der Waals surface area contributed by atoms with E-state index in [-0.39, 0.29) is 22.7 Å². The van der Waals surface area contributed by atoms with E-state index in [0.29, 0.717) is 78.9 Å². The Labute approximate surface area is 768 Å². The standard InChI is InChI=1S/2C58H48F4N2Si2/c1-65(2,3)45-21-13-15-39(31-45)49-33-41(59)35-51(61)57(49)63(43-17-9-7-10-18-43)53-29-25-37-24-28-48-54(30-26-38-23-27-47(53)55(37)56(38)48)64(44-19-11-8-12-20-44)58-50(34-42(60)36-52(58)62)40-16-14-22-46(32-40)66(4,5)6;1-65(2,3)45-25-17-37(18-26-45)49-33-41(59)35-51(61)57(49)63(43-13-9-7-10-14-43)53-31-23-39-22-30-48-54(32-24-40-21-29-47(53)55(39)56(40)48)64(44-15-11-8-12-16-44)58-50(34-42(60)36-52(58)62)38-19-27-46(28-20-38)66(4,5)6/h2*7-36H,1-6H3. The second kappa shape index (κ2) is 34.4. The lowest BCUT2D eigenvalue weighted by Gasteiger charge is -2.31. The summed E-state index contributed by atoms with van der Waals surface area (Å²) in [6.45, 7) is 27.2. The molecule has 0 fully saturated rings. The molecule has 4 nitrogen and oxygen atoms in total. The van der Waals surface area contributed by atoms with Crippen molar-refractivity contribution in [3.05, 3.63) is 411 Å². The molecule has 0 spiro atoms. The van der Waals surface area contributed by atoms with Gasteiger partial charge in [-0.05, 0) is 162 Å². The Bertz CT molecular complexity index is 7330. The molecule has 0 aromatic heterocycles. The van der Waals surface area contributed by atoms with Crippen molar-refractivity contribution in [2.24, 2.45) is 0 Å². The Morgan fingerprint density at radius 1 is 0.182 bits per heavy atom. The SMILES string of the molecule is C[Si](C)(C)c1ccc(-c2cc(F)cc(F)c2N(c2ccccc2)c2ccc3ccc4c(N(c5ccccc5)c5c(F)cc(F)cc5-c5ccc([Si](C)(C)C)cc5)ccc5ccc2c3c54)cc1.C[Si](C)(C)c1cccc(-c2cc(F)cc(F)c2N(c2ccccc2)c2ccc3ccc4c(N(c5ccccc5)c5c(F)cc(F)cc5-c5cccc([Si](C)(C)C)c5)ccc5ccc2c3c54)c1. The Hall–Kier alpha value is -14.0. The number of nitrogens with zero attached hydrogens (tertiary/aromatic N) is 4. The summed E-state index contributed by atoms with van der Waals surface area (Å²) in [5.74, 6) is -5.41. The fourth-order valence-electron chi connectivity index (χ4n) is 18.8. The molecular weight excluding hydrogens is 1710 g/mol. The Kier molecular flexibility index (Phi) is 22.7. The van der Waals surface area contributed by atoms with Crippen LogP contribution in [0.3, 0.4) is 0 Å². The molecule has 0 saturated heterocycles. The van der Waals surface area contributed by atoms with Crippen LogP contribution >= 0.6 is 0 Å². The molecule has 20 rings (SSSR count). The van der Waals surface area contributed by atoms with Gasteiger partial charge in [-0.1, -0.05) is 342 Å². The van der Waals surface area contributed by atoms with Gasteiger partial charge in [-0.15, -0.1) is 0 Å². The average molecular weight is 1810 g/mol. The maximum absolute atomic E-state index is 17.0. The minimum absolute atomic E-state index is 0.228. The van der Waals surface area contributed by atoms with Crippen LogP contribution in [0.15, 0.2) is 364 Å². The van der Waals surface area contributed by atoms with Gasteiger partial charge in [-0.25, -0.2) is 35.1 Å². The van der Waals surface area contributed by atoms with Crippen LogP contribution in [-0.2, 0) is 0 Å². The van der Waals surface area contributed by atoms with Crippen molar-refractivity contribution in [3.8, 4) is 44.5 Å². The number of benzene rings is 20. The lowest BCUT2D eigenvalue weighted by atomic mass is 9.91. The first-order chi connectivity index (χ1) is 63.3. The molecule has 652 valence electrons. The normalized spacial score (nSPS) is 12.1. The summed E-state index contributed by atoms with van der Waals surface area (Å²) in [5, 5.41) is 15.8. The molecule has 132 heavy (non-hydrogen) atoms. The Balaban J connectivity index is 0.000000170. The van der Waals surface area contributed by atoms with Crippen molar-refractivity contribution in [2.45, 2.75) is 78.6 Å². The molecule has 20 aromatic carbocycles. The van der Waals surface area contributed by atoms with Crippen molar-refractivity contribution >= 4 is 186 Å². The number of rotatable bonds is 20. The highest BCUT2D eigenvalue weighted by Gasteiger charge is 2.34. The smallest absolute Gasteiger partial charge is 0.150 e. The molecule has 0 unspecified atom stereocenters. The van der Waals surface area contributed by atoms with Gasteiger partial charge in [-0.3, -0.25) is 0 Å². The monoisotopic (exact) mass is 1810 g/mol. The second-order valence-electron chi connectivity index (χ2n) is 38.3. The maximum atomic E-state index is 17.0. The molecule has 0 aliphatic heterocycles. The van der Waals surface area contributed by atoms with Crippen molar-refractivity contribution in [3.63, 3.8) is 0 Å². The number of anilines is 12. The zero-order valence-corrected chi connectivity index (χ0v) is 79.5. The third kappa shape index (κ3) is 16.4. The maximum Gasteiger partial charge on any atom is 0.150 e. The van der Waals surface area contributed by atoms with E-state index in [4.69, 9.17) is 0 Å². The van der Waals surface area contributed by atoms with Crippen molar-refractivity contribution in [1.82, 2.24) is 0 Å². The van der Waals surface area contributed by atoms with E-state index in [9.17, 15) is 0 Å². The van der Waals surface area contributed by atoms with Crippen molar-refractivity contribution < 1.29 is 35.1 Å². The summed E-state index contributed by atoms with van der Waals surface area (Å²) >= 11 is 0. The predicted octanol–water partition coefficient (Wildman–Crippen LogP) is 33.0. The zero-order chi connectivity index (χ0) is 92.1. The second-order valence-corrected chi connectivity index (χ2v) is 58.6. The van der Waals surface area contributed by atoms with Gasteiger partial charge in [0.05, 0.1) is 77.8 Å². The molecular formula is C116H96F8N4Si4. The number of halogens is 8. The van der Waals surface area contributed by atoms with E-state index in [2.05, 4.69) is 176 Å². The van der Waals surface area contributed by atoms with E-state index < -0.39 is 78.8 Å². The predicted molar refractivity (Wildman–Crippen MR) is 552 cm³/mol. The van der Waals surface area contributed by atoms with Gasteiger partial charge in [0.15, 0.2) is 23.3 Å². The molecule has 0 bridgehead atoms. The lowest BCUT2D eigenvalue weighted by Crippen LogP contribution is -2.37. The van der Waals surface area contributed by atoms with E-state index in [1.54, 1.807) is 0 Å². The van der Waals surface area contributed by atoms with Crippen molar-refractivity contribution in [1.29, 1.82) is 0 Å². The van der Waals surface area contributed by atoms with Gasteiger partial charge < -0.3 is 19.6 Å². The third-order valence-electron chi connectivity index (χ3n) is 25.5. The van der Waals surface area contributed by atoms with Gasteiger partial charge in [0.2, 0.25) is 0 Å². The molecule has 16 heteroatoms. The van der Waals surface area contributed by atoms with Crippen LogP contribution in [0.4, 0.5) is 103 Å². The van der Waals surface area contributed by atoms with E-state index in [1.165, 1.54) is 45.0 Å². The fraction of sp³-hybridized carbons (Fsp3) is 0.103. The van der Waals surface area contributed by atoms with Crippen molar-refractivity contribution in [2.75, 3.05) is 19.6 Å². The van der Waals surface area contributed by atoms with Crippen LogP contribution in [0, 0.1) is 46.5 Å². The zero-order valence-electron chi connectivity index (χ0n) is 75.5. The van der Waals surface area contributed by atoms with Crippen LogP contribution in [0.1, 0.15) is 0 Å². The summed E-state index contributed by atoms with van der Waals surface area (Å²) in [7, 11) is -6.93. The highest BCUT2D eigenvalue weighted by Crippen LogP contribution is 2.55. The van der Waals surface area contributed by atoms with Crippen LogP contribution in [0.25, 0.3) is 109 Å². The van der Waals surface area contributed by atoms with Gasteiger partial charge in [0, 0.05) is 90.8 Å². The Morgan fingerprint density at radius 3 is 0.629 bits per heavy atom. The summed E-state index contributed by atoms with van der Waals surface area (Å²) in [6, 6.07) is 113. The molecule has 0 radical (unpaired) electrons. The summed E-state index contributed by atoms with van der Waals surface area (Å²) in [6.07, 6.45) is 0. The molecule has 0 atom stereocenters. The first-order valence-corrected chi connectivity index (χ1v) is 58.5. The molecule has 0 aliphatic carbocycles. The van der Waals surface area contributed by atoms with Gasteiger partial charge in [0.25, 0.3) is 0 Å². The van der Waals surface area contributed by atoms with E-state index in [0.717, 1.165) is 100 Å². The lowest BCUT2D eigenvalue weighted by molar-refractivity contribution is 0.584. The first-order valence-electron chi connectivity index (χ1n) is 44.5. The van der Waals surface area contributed by atoms with Crippen LogP contribution in [0.2, 0.25) is 78.6 Å². The number of hydrogen-bond donors (Lipinski definition) is 0. The molecule has 0 heterocycles. The fourth-order valence-corrected chi connectivity index (χ4v) is 23.5. The van der Waals surface area contributed by atoms with Gasteiger partial charge in [-0.2, -0.15) is 0 Å². The molecule has 20 aromatic rings.